The van der Waals surface area contributed by atoms with Gasteiger partial charge in [-0.25, -0.2) is 0 Å². The van der Waals surface area contributed by atoms with E-state index in [1.165, 1.54) is 0 Å². The van der Waals surface area contributed by atoms with Crippen LogP contribution in [-0.2, 0) is 24.3 Å². The molecule has 5 heteroatoms. The van der Waals surface area contributed by atoms with Crippen molar-refractivity contribution in [2.75, 3.05) is 4.90 Å². The third-order valence-corrected chi connectivity index (χ3v) is 5.25. The van der Waals surface area contributed by atoms with Crippen molar-refractivity contribution in [2.24, 2.45) is 0 Å². The largest absolute Gasteiger partial charge is 0.352 e. The average molecular weight is 436 g/mol. The molecule has 0 atom stereocenters. The van der Waals surface area contributed by atoms with Crippen LogP contribution in [0.25, 0.3) is 0 Å². The van der Waals surface area contributed by atoms with E-state index in [0.29, 0.717) is 18.7 Å². The first kappa shape index (κ1) is 22.0. The first-order valence-electron chi connectivity index (χ1n) is 10.8. The van der Waals surface area contributed by atoms with Crippen LogP contribution >= 0.6 is 0 Å². The predicted molar refractivity (Wildman–Crippen MR) is 130 cm³/mol. The van der Waals surface area contributed by atoms with E-state index >= 15 is 0 Å². The molecule has 0 aliphatic rings. The number of nitrogens with zero attached hydrogens (tertiary/aromatic N) is 2. The molecule has 3 aromatic carbocycles. The molecule has 4 rings (SSSR count). The van der Waals surface area contributed by atoms with Gasteiger partial charge in [0.1, 0.15) is 0 Å². The second-order valence-corrected chi connectivity index (χ2v) is 7.73. The Kier molecular flexibility index (Phi) is 7.23. The summed E-state index contributed by atoms with van der Waals surface area (Å²) in [7, 11) is 0. The lowest BCUT2D eigenvalue weighted by Gasteiger charge is -2.24. The molecule has 0 fully saturated rings. The van der Waals surface area contributed by atoms with Crippen molar-refractivity contribution in [2.45, 2.75) is 19.5 Å². The number of hydrogen-bond donors (Lipinski definition) is 1. The average Bonchev–Trinajstić information content (AvgIpc) is 2.87. The highest BCUT2D eigenvalue weighted by atomic mass is 16.2. The Labute approximate surface area is 193 Å². The molecule has 33 heavy (non-hydrogen) atoms. The molecular formula is C28H25N3O2. The molecule has 0 aliphatic carbocycles. The standard InChI is InChI=1S/C28H25N3O2/c32-27(30-20-24-12-8-16-29-19-24)18-23-11-7-15-26(17-23)31(21-22-9-3-1-4-10-22)28(33)25-13-5-2-6-14-25/h1-17,19H,18,20-21H2,(H,30,32). The summed E-state index contributed by atoms with van der Waals surface area (Å²) in [6, 6.07) is 30.5. The summed E-state index contributed by atoms with van der Waals surface area (Å²) in [5.74, 6) is -0.169. The van der Waals surface area contributed by atoms with Crippen molar-refractivity contribution >= 4 is 17.5 Å². The number of amides is 2. The van der Waals surface area contributed by atoms with Gasteiger partial charge in [0.2, 0.25) is 5.91 Å². The van der Waals surface area contributed by atoms with Crippen LogP contribution in [-0.4, -0.2) is 16.8 Å². The van der Waals surface area contributed by atoms with Crippen LogP contribution in [0, 0.1) is 0 Å². The lowest BCUT2D eigenvalue weighted by atomic mass is 10.1. The normalized spacial score (nSPS) is 10.4. The Balaban J connectivity index is 1.52. The van der Waals surface area contributed by atoms with Gasteiger partial charge in [-0.2, -0.15) is 0 Å². The molecule has 0 unspecified atom stereocenters. The van der Waals surface area contributed by atoms with Crippen LogP contribution < -0.4 is 10.2 Å². The Morgan fingerprint density at radius 3 is 2.18 bits per heavy atom. The third-order valence-electron chi connectivity index (χ3n) is 5.25. The van der Waals surface area contributed by atoms with Gasteiger partial charge in [-0.3, -0.25) is 14.6 Å². The molecule has 0 saturated heterocycles. The number of rotatable bonds is 8. The molecule has 0 spiro atoms. The van der Waals surface area contributed by atoms with Gasteiger partial charge in [-0.15, -0.1) is 0 Å². The Morgan fingerprint density at radius 2 is 1.45 bits per heavy atom. The molecule has 4 aromatic rings. The van der Waals surface area contributed by atoms with Gasteiger partial charge >= 0.3 is 0 Å². The summed E-state index contributed by atoms with van der Waals surface area (Å²) in [5, 5.41) is 2.93. The summed E-state index contributed by atoms with van der Waals surface area (Å²) >= 11 is 0. The predicted octanol–water partition coefficient (Wildman–Crippen LogP) is 4.79. The highest BCUT2D eigenvalue weighted by Crippen LogP contribution is 2.22. The number of carbonyl (C=O) groups is 2. The molecule has 0 aliphatic heterocycles. The highest BCUT2D eigenvalue weighted by molar-refractivity contribution is 6.06. The summed E-state index contributed by atoms with van der Waals surface area (Å²) in [5.41, 5.74) is 4.19. The second kappa shape index (κ2) is 10.9. The van der Waals surface area contributed by atoms with Crippen LogP contribution in [0.5, 0.6) is 0 Å². The second-order valence-electron chi connectivity index (χ2n) is 7.73. The molecular weight excluding hydrogens is 410 g/mol. The van der Waals surface area contributed by atoms with Crippen molar-refractivity contribution in [1.82, 2.24) is 10.3 Å². The minimum Gasteiger partial charge on any atom is -0.352 e. The van der Waals surface area contributed by atoms with E-state index in [4.69, 9.17) is 0 Å². The fraction of sp³-hybridized carbons (Fsp3) is 0.107. The zero-order chi connectivity index (χ0) is 22.9. The Morgan fingerprint density at radius 1 is 0.758 bits per heavy atom. The van der Waals surface area contributed by atoms with Crippen molar-refractivity contribution in [3.05, 3.63) is 132 Å². The highest BCUT2D eigenvalue weighted by Gasteiger charge is 2.19. The molecule has 5 nitrogen and oxygen atoms in total. The molecule has 1 aromatic heterocycles. The summed E-state index contributed by atoms with van der Waals surface area (Å²) in [6.45, 7) is 0.865. The number of carbonyl (C=O) groups excluding carboxylic acids is 2. The summed E-state index contributed by atoms with van der Waals surface area (Å²) < 4.78 is 0. The van der Waals surface area contributed by atoms with E-state index in [2.05, 4.69) is 10.3 Å². The molecule has 164 valence electrons. The van der Waals surface area contributed by atoms with Crippen molar-refractivity contribution in [1.29, 1.82) is 0 Å². The van der Waals surface area contributed by atoms with Gasteiger partial charge in [-0.05, 0) is 47.0 Å². The summed E-state index contributed by atoms with van der Waals surface area (Å²) in [6.07, 6.45) is 3.67. The maximum atomic E-state index is 13.4. The lowest BCUT2D eigenvalue weighted by molar-refractivity contribution is -0.120. The van der Waals surface area contributed by atoms with Gasteiger partial charge in [0.25, 0.3) is 5.91 Å². The van der Waals surface area contributed by atoms with E-state index in [0.717, 1.165) is 22.4 Å². The molecule has 0 bridgehead atoms. The summed E-state index contributed by atoms with van der Waals surface area (Å²) in [4.78, 5) is 31.7. The van der Waals surface area contributed by atoms with E-state index in [-0.39, 0.29) is 18.2 Å². The van der Waals surface area contributed by atoms with Crippen molar-refractivity contribution in [3.8, 4) is 0 Å². The topological polar surface area (TPSA) is 62.3 Å². The molecule has 0 saturated carbocycles. The van der Waals surface area contributed by atoms with E-state index in [1.54, 1.807) is 17.3 Å². The number of benzene rings is 3. The fourth-order valence-corrected chi connectivity index (χ4v) is 3.57. The van der Waals surface area contributed by atoms with E-state index in [9.17, 15) is 9.59 Å². The molecule has 1 heterocycles. The Hall–Kier alpha value is -4.25. The first-order chi connectivity index (χ1) is 16.2. The lowest BCUT2D eigenvalue weighted by Crippen LogP contribution is -2.30. The van der Waals surface area contributed by atoms with Crippen LogP contribution in [0.1, 0.15) is 27.0 Å². The number of pyridine rings is 1. The number of anilines is 1. The van der Waals surface area contributed by atoms with Crippen LogP contribution in [0.2, 0.25) is 0 Å². The smallest absolute Gasteiger partial charge is 0.258 e. The van der Waals surface area contributed by atoms with E-state index in [1.807, 2.05) is 97.1 Å². The Bertz CT molecular complexity index is 1200. The van der Waals surface area contributed by atoms with E-state index < -0.39 is 0 Å². The monoisotopic (exact) mass is 435 g/mol. The molecule has 2 amide bonds. The maximum Gasteiger partial charge on any atom is 0.258 e. The van der Waals surface area contributed by atoms with Crippen molar-refractivity contribution < 1.29 is 9.59 Å². The zero-order valence-electron chi connectivity index (χ0n) is 18.2. The van der Waals surface area contributed by atoms with Gasteiger partial charge in [-0.1, -0.05) is 66.7 Å². The van der Waals surface area contributed by atoms with Gasteiger partial charge in [0.05, 0.1) is 13.0 Å². The fourth-order valence-electron chi connectivity index (χ4n) is 3.57. The third kappa shape index (κ3) is 6.14. The SMILES string of the molecule is O=C(Cc1cccc(N(Cc2ccccc2)C(=O)c2ccccc2)c1)NCc1cccnc1. The van der Waals surface area contributed by atoms with Crippen LogP contribution in [0.4, 0.5) is 5.69 Å². The van der Waals surface area contributed by atoms with Crippen LogP contribution in [0.3, 0.4) is 0 Å². The van der Waals surface area contributed by atoms with Gasteiger partial charge in [0.15, 0.2) is 0 Å². The quantitative estimate of drug-likeness (QED) is 0.433. The minimum atomic E-state index is -0.0855. The van der Waals surface area contributed by atoms with Crippen molar-refractivity contribution in [3.63, 3.8) is 0 Å². The minimum absolute atomic E-state index is 0.0833. The maximum absolute atomic E-state index is 13.4. The molecule has 0 radical (unpaired) electrons. The molecule has 1 N–H and O–H groups in total. The number of aromatic nitrogens is 1. The van der Waals surface area contributed by atoms with Gasteiger partial charge in [0, 0.05) is 30.2 Å². The zero-order valence-corrected chi connectivity index (χ0v) is 18.2. The number of hydrogen-bond acceptors (Lipinski definition) is 3. The first-order valence-corrected chi connectivity index (χ1v) is 10.8. The van der Waals surface area contributed by atoms with Gasteiger partial charge < -0.3 is 10.2 Å². The van der Waals surface area contributed by atoms with Crippen LogP contribution in [0.15, 0.2) is 109 Å². The number of nitrogens with one attached hydrogen (secondary N) is 1.